The maximum Gasteiger partial charge on any atom is 0.416 e. The number of piperidine rings is 1. The molecular formula is C25H23F3N2O2S. The van der Waals surface area contributed by atoms with E-state index >= 15 is 0 Å². The van der Waals surface area contributed by atoms with Crippen molar-refractivity contribution in [3.05, 3.63) is 82.7 Å². The number of hydrogen-bond donors (Lipinski definition) is 1. The van der Waals surface area contributed by atoms with Gasteiger partial charge in [-0.2, -0.15) is 13.2 Å². The van der Waals surface area contributed by atoms with Crippen molar-refractivity contribution in [2.75, 3.05) is 13.1 Å². The molecular weight excluding hydrogens is 449 g/mol. The molecule has 8 heteroatoms. The lowest BCUT2D eigenvalue weighted by Gasteiger charge is -2.31. The molecule has 2 aromatic carbocycles. The monoisotopic (exact) mass is 472 g/mol. The van der Waals surface area contributed by atoms with E-state index in [0.29, 0.717) is 37.1 Å². The van der Waals surface area contributed by atoms with E-state index in [4.69, 9.17) is 0 Å². The number of carbonyl (C=O) groups excluding carboxylic acids is 2. The molecule has 2 amide bonds. The van der Waals surface area contributed by atoms with Crippen LogP contribution >= 0.6 is 11.3 Å². The fraction of sp³-hybridized carbons (Fsp3) is 0.280. The van der Waals surface area contributed by atoms with Crippen LogP contribution in [0.2, 0.25) is 0 Å². The van der Waals surface area contributed by atoms with Gasteiger partial charge in [-0.3, -0.25) is 9.59 Å². The van der Waals surface area contributed by atoms with E-state index in [1.807, 2.05) is 41.8 Å². The van der Waals surface area contributed by atoms with Crippen molar-refractivity contribution in [1.82, 2.24) is 10.2 Å². The minimum Gasteiger partial charge on any atom is -0.352 e. The number of halogens is 3. The van der Waals surface area contributed by atoms with Crippen LogP contribution in [0.25, 0.3) is 10.4 Å². The highest BCUT2D eigenvalue weighted by Crippen LogP contribution is 2.29. The van der Waals surface area contributed by atoms with Crippen molar-refractivity contribution >= 4 is 23.2 Å². The molecule has 33 heavy (non-hydrogen) atoms. The first-order valence-corrected chi connectivity index (χ1v) is 11.6. The number of nitrogens with one attached hydrogen (secondary N) is 1. The molecule has 0 aliphatic carbocycles. The fourth-order valence-electron chi connectivity index (χ4n) is 3.89. The topological polar surface area (TPSA) is 49.4 Å². The van der Waals surface area contributed by atoms with Gasteiger partial charge in [0.15, 0.2) is 0 Å². The zero-order valence-electron chi connectivity index (χ0n) is 17.8. The Balaban J connectivity index is 1.26. The predicted molar refractivity (Wildman–Crippen MR) is 122 cm³/mol. The van der Waals surface area contributed by atoms with Crippen LogP contribution in [0, 0.1) is 5.92 Å². The molecule has 1 aliphatic rings. The molecule has 0 saturated carbocycles. The Morgan fingerprint density at radius 1 is 0.970 bits per heavy atom. The summed E-state index contributed by atoms with van der Waals surface area (Å²) in [5.41, 5.74) is 1.59. The highest BCUT2D eigenvalue weighted by Gasteiger charge is 2.30. The van der Waals surface area contributed by atoms with Gasteiger partial charge in [-0.15, -0.1) is 11.3 Å². The zero-order chi connectivity index (χ0) is 23.4. The van der Waals surface area contributed by atoms with Crippen molar-refractivity contribution < 1.29 is 22.8 Å². The lowest BCUT2D eigenvalue weighted by Crippen LogP contribution is -2.42. The number of carbonyl (C=O) groups is 2. The van der Waals surface area contributed by atoms with Gasteiger partial charge in [-0.05, 0) is 59.7 Å². The highest BCUT2D eigenvalue weighted by molar-refractivity contribution is 7.13. The Morgan fingerprint density at radius 3 is 2.21 bits per heavy atom. The van der Waals surface area contributed by atoms with Gasteiger partial charge in [0, 0.05) is 36.0 Å². The van der Waals surface area contributed by atoms with Gasteiger partial charge in [0.2, 0.25) is 5.91 Å². The first-order valence-electron chi connectivity index (χ1n) is 10.7. The normalized spacial score (nSPS) is 14.8. The van der Waals surface area contributed by atoms with Crippen molar-refractivity contribution in [3.63, 3.8) is 0 Å². The predicted octanol–water partition coefficient (Wildman–Crippen LogP) is 5.60. The van der Waals surface area contributed by atoms with Crippen molar-refractivity contribution in [2.24, 2.45) is 5.92 Å². The van der Waals surface area contributed by atoms with E-state index < -0.39 is 11.7 Å². The van der Waals surface area contributed by atoms with Crippen LogP contribution in [0.5, 0.6) is 0 Å². The van der Waals surface area contributed by atoms with E-state index in [2.05, 4.69) is 5.32 Å². The van der Waals surface area contributed by atoms with Crippen LogP contribution in [0.15, 0.2) is 66.0 Å². The van der Waals surface area contributed by atoms with E-state index in [1.165, 1.54) is 12.1 Å². The van der Waals surface area contributed by atoms with Gasteiger partial charge in [0.25, 0.3) is 5.91 Å². The van der Waals surface area contributed by atoms with Gasteiger partial charge >= 0.3 is 6.18 Å². The highest BCUT2D eigenvalue weighted by atomic mass is 32.1. The molecule has 4 rings (SSSR count). The number of alkyl halides is 3. The molecule has 2 heterocycles. The van der Waals surface area contributed by atoms with E-state index in [9.17, 15) is 22.8 Å². The summed E-state index contributed by atoms with van der Waals surface area (Å²) in [4.78, 5) is 28.2. The Bertz CT molecular complexity index is 1090. The third-order valence-electron chi connectivity index (χ3n) is 5.84. The summed E-state index contributed by atoms with van der Waals surface area (Å²) in [6.07, 6.45) is -3.27. The molecule has 0 spiro atoms. The smallest absolute Gasteiger partial charge is 0.352 e. The lowest BCUT2D eigenvalue weighted by molar-refractivity contribution is -0.137. The summed E-state index contributed by atoms with van der Waals surface area (Å²) in [7, 11) is 0. The van der Waals surface area contributed by atoms with Crippen molar-refractivity contribution in [2.45, 2.75) is 25.6 Å². The largest absolute Gasteiger partial charge is 0.416 e. The number of benzene rings is 2. The Hall–Kier alpha value is -3.13. The number of thiophene rings is 1. The van der Waals surface area contributed by atoms with E-state index in [-0.39, 0.29) is 24.3 Å². The average Bonchev–Trinajstić information content (AvgIpc) is 3.37. The van der Waals surface area contributed by atoms with Gasteiger partial charge in [0.1, 0.15) is 0 Å². The van der Waals surface area contributed by atoms with Gasteiger partial charge in [-0.1, -0.05) is 30.3 Å². The molecule has 1 N–H and O–H groups in total. The molecule has 0 radical (unpaired) electrons. The number of rotatable bonds is 5. The van der Waals surface area contributed by atoms with Crippen molar-refractivity contribution in [3.8, 4) is 10.4 Å². The summed E-state index contributed by atoms with van der Waals surface area (Å²) in [6.45, 7) is 1.15. The van der Waals surface area contributed by atoms with Gasteiger partial charge in [0.05, 0.1) is 5.56 Å². The maximum atomic E-state index is 12.8. The lowest BCUT2D eigenvalue weighted by atomic mass is 9.95. The molecule has 172 valence electrons. The summed E-state index contributed by atoms with van der Waals surface area (Å²) in [6, 6.07) is 16.3. The molecule has 1 aliphatic heterocycles. The Kier molecular flexibility index (Phi) is 6.83. The maximum absolute atomic E-state index is 12.8. The van der Waals surface area contributed by atoms with E-state index in [1.54, 1.807) is 16.2 Å². The van der Waals surface area contributed by atoms with Crippen molar-refractivity contribution in [1.29, 1.82) is 0 Å². The second kappa shape index (κ2) is 9.79. The first-order chi connectivity index (χ1) is 15.8. The zero-order valence-corrected chi connectivity index (χ0v) is 18.6. The standard InChI is InChI=1S/C25H23F3N2O2S/c26-25(27,28)21-9-3-17(4-10-21)16-29-23(31)19-11-13-30(14-12-19)24(32)20-7-5-18(6-8-20)22-2-1-15-33-22/h1-10,15,19H,11-14,16H2,(H,29,31). The number of hydrogen-bond acceptors (Lipinski definition) is 3. The minimum atomic E-state index is -4.38. The molecule has 0 atom stereocenters. The number of amides is 2. The van der Waals surface area contributed by atoms with Gasteiger partial charge < -0.3 is 10.2 Å². The molecule has 0 unspecified atom stereocenters. The van der Waals surface area contributed by atoms with Crippen LogP contribution in [0.3, 0.4) is 0 Å². The Morgan fingerprint density at radius 2 is 1.64 bits per heavy atom. The second-order valence-corrected chi connectivity index (χ2v) is 8.98. The number of nitrogens with zero attached hydrogens (tertiary/aromatic N) is 1. The molecule has 1 saturated heterocycles. The quantitative estimate of drug-likeness (QED) is 0.525. The first kappa shape index (κ1) is 23.0. The number of likely N-dealkylation sites (tertiary alicyclic amines) is 1. The SMILES string of the molecule is O=C(NCc1ccc(C(F)(F)F)cc1)C1CCN(C(=O)c2ccc(-c3cccs3)cc2)CC1. The summed E-state index contributed by atoms with van der Waals surface area (Å²) < 4.78 is 38.0. The summed E-state index contributed by atoms with van der Waals surface area (Å²) in [5, 5.41) is 4.81. The third kappa shape index (κ3) is 5.63. The van der Waals surface area contributed by atoms with E-state index in [0.717, 1.165) is 22.6 Å². The molecule has 1 fully saturated rings. The van der Waals surface area contributed by atoms with Crippen LogP contribution in [0.1, 0.15) is 34.3 Å². The van der Waals surface area contributed by atoms with Crippen LogP contribution in [-0.2, 0) is 17.5 Å². The van der Waals surface area contributed by atoms with Gasteiger partial charge in [-0.25, -0.2) is 0 Å². The average molecular weight is 473 g/mol. The molecule has 1 aromatic heterocycles. The van der Waals surface area contributed by atoms with Crippen LogP contribution < -0.4 is 5.32 Å². The van der Waals surface area contributed by atoms with Crippen LogP contribution in [0.4, 0.5) is 13.2 Å². The fourth-order valence-corrected chi connectivity index (χ4v) is 4.63. The molecule has 4 nitrogen and oxygen atoms in total. The summed E-state index contributed by atoms with van der Waals surface area (Å²) >= 11 is 1.65. The molecule has 0 bridgehead atoms. The Labute approximate surface area is 194 Å². The summed E-state index contributed by atoms with van der Waals surface area (Å²) in [5.74, 6) is -0.400. The molecule has 3 aromatic rings. The van der Waals surface area contributed by atoms with Crippen LogP contribution in [-0.4, -0.2) is 29.8 Å². The third-order valence-corrected chi connectivity index (χ3v) is 6.76. The minimum absolute atomic E-state index is 0.0451. The second-order valence-electron chi connectivity index (χ2n) is 8.03.